The molecule has 0 aromatic heterocycles. The number of hydrogen-bond donors (Lipinski definition) is 1. The Balaban J connectivity index is 2.64. The zero-order chi connectivity index (χ0) is 11.2. The maximum atomic E-state index is 13.9. The Kier molecular flexibility index (Phi) is 2.30. The summed E-state index contributed by atoms with van der Waals surface area (Å²) in [7, 11) is 0. The summed E-state index contributed by atoms with van der Waals surface area (Å²) in [6.07, 6.45) is 1.73. The molecule has 0 spiro atoms. The fourth-order valence-electron chi connectivity index (χ4n) is 2.18. The maximum absolute atomic E-state index is 13.9. The second kappa shape index (κ2) is 3.27. The van der Waals surface area contributed by atoms with Crippen molar-refractivity contribution in [3.05, 3.63) is 34.4 Å². The van der Waals surface area contributed by atoms with E-state index in [1.807, 2.05) is 0 Å². The Morgan fingerprint density at radius 3 is 2.40 bits per heavy atom. The van der Waals surface area contributed by atoms with E-state index in [2.05, 4.69) is 0 Å². The molecule has 15 heavy (non-hydrogen) atoms. The lowest BCUT2D eigenvalue weighted by Crippen LogP contribution is -2.23. The van der Waals surface area contributed by atoms with Crippen molar-refractivity contribution in [1.82, 2.24) is 0 Å². The van der Waals surface area contributed by atoms with E-state index >= 15 is 0 Å². The summed E-state index contributed by atoms with van der Waals surface area (Å²) in [4.78, 5) is 0. The highest BCUT2D eigenvalue weighted by molar-refractivity contribution is 5.43. The number of benzene rings is 1. The van der Waals surface area contributed by atoms with Gasteiger partial charge in [0, 0.05) is 17.5 Å². The van der Waals surface area contributed by atoms with Gasteiger partial charge in [-0.25, -0.2) is 8.78 Å². The SMILES string of the molecule is Cc1cc(F)c(C)c(C2(CN)CC2)c1F. The molecular weight excluding hydrogens is 196 g/mol. The molecule has 0 radical (unpaired) electrons. The van der Waals surface area contributed by atoms with Crippen LogP contribution in [-0.4, -0.2) is 6.54 Å². The van der Waals surface area contributed by atoms with Gasteiger partial charge in [-0.2, -0.15) is 0 Å². The van der Waals surface area contributed by atoms with Gasteiger partial charge >= 0.3 is 0 Å². The van der Waals surface area contributed by atoms with Crippen molar-refractivity contribution in [2.24, 2.45) is 5.73 Å². The number of rotatable bonds is 2. The standard InChI is InChI=1S/C12H15F2N/c1-7-5-9(13)8(2)10(11(7)14)12(6-15)3-4-12/h5H,3-4,6,15H2,1-2H3. The van der Waals surface area contributed by atoms with Crippen molar-refractivity contribution >= 4 is 0 Å². The molecule has 1 aromatic carbocycles. The predicted molar refractivity (Wildman–Crippen MR) is 55.8 cm³/mol. The van der Waals surface area contributed by atoms with Gasteiger partial charge in [0.05, 0.1) is 0 Å². The third-order valence-corrected chi connectivity index (χ3v) is 3.42. The Labute approximate surface area is 88.3 Å². The molecular formula is C12H15F2N. The minimum atomic E-state index is -0.330. The molecule has 0 aliphatic heterocycles. The first-order chi connectivity index (χ1) is 7.02. The van der Waals surface area contributed by atoms with Crippen LogP contribution in [0.1, 0.15) is 29.5 Å². The van der Waals surface area contributed by atoms with E-state index in [4.69, 9.17) is 5.73 Å². The lowest BCUT2D eigenvalue weighted by atomic mass is 9.89. The van der Waals surface area contributed by atoms with E-state index in [0.29, 0.717) is 23.2 Å². The van der Waals surface area contributed by atoms with E-state index in [1.165, 1.54) is 6.07 Å². The molecule has 0 atom stereocenters. The van der Waals surface area contributed by atoms with Crippen LogP contribution in [0.25, 0.3) is 0 Å². The number of halogens is 2. The first-order valence-electron chi connectivity index (χ1n) is 5.17. The minimum absolute atomic E-state index is 0.281. The Hall–Kier alpha value is -0.960. The lowest BCUT2D eigenvalue weighted by molar-refractivity contribution is 0.540. The van der Waals surface area contributed by atoms with Crippen LogP contribution in [0, 0.1) is 25.5 Å². The molecule has 2 rings (SSSR count). The fourth-order valence-corrected chi connectivity index (χ4v) is 2.18. The van der Waals surface area contributed by atoms with Gasteiger partial charge in [0.25, 0.3) is 0 Å². The van der Waals surface area contributed by atoms with E-state index in [9.17, 15) is 8.78 Å². The number of nitrogens with two attached hydrogens (primary N) is 1. The van der Waals surface area contributed by atoms with Gasteiger partial charge in [0.1, 0.15) is 11.6 Å². The highest BCUT2D eigenvalue weighted by Gasteiger charge is 2.46. The number of hydrogen-bond acceptors (Lipinski definition) is 1. The normalized spacial score (nSPS) is 17.9. The minimum Gasteiger partial charge on any atom is -0.330 e. The summed E-state index contributed by atoms with van der Waals surface area (Å²) in [5, 5.41) is 0. The Morgan fingerprint density at radius 2 is 1.93 bits per heavy atom. The Bertz CT molecular complexity index is 382. The third-order valence-electron chi connectivity index (χ3n) is 3.42. The van der Waals surface area contributed by atoms with Gasteiger partial charge in [0.2, 0.25) is 0 Å². The van der Waals surface area contributed by atoms with Crippen LogP contribution in [-0.2, 0) is 5.41 Å². The Morgan fingerprint density at radius 1 is 1.33 bits per heavy atom. The highest BCUT2D eigenvalue weighted by atomic mass is 19.1. The zero-order valence-electron chi connectivity index (χ0n) is 9.03. The molecule has 3 heteroatoms. The average molecular weight is 211 g/mol. The van der Waals surface area contributed by atoms with E-state index in [1.54, 1.807) is 13.8 Å². The van der Waals surface area contributed by atoms with Crippen molar-refractivity contribution in [2.75, 3.05) is 6.54 Å². The second-order valence-electron chi connectivity index (χ2n) is 4.47. The first-order valence-corrected chi connectivity index (χ1v) is 5.17. The van der Waals surface area contributed by atoms with Crippen molar-refractivity contribution in [1.29, 1.82) is 0 Å². The van der Waals surface area contributed by atoms with E-state index in [-0.39, 0.29) is 17.0 Å². The molecule has 1 aliphatic rings. The van der Waals surface area contributed by atoms with Gasteiger partial charge in [-0.3, -0.25) is 0 Å². The second-order valence-corrected chi connectivity index (χ2v) is 4.47. The van der Waals surface area contributed by atoms with Crippen molar-refractivity contribution in [3.63, 3.8) is 0 Å². The summed E-state index contributed by atoms with van der Waals surface area (Å²) in [6, 6.07) is 1.25. The smallest absolute Gasteiger partial charge is 0.130 e. The topological polar surface area (TPSA) is 26.0 Å². The lowest BCUT2D eigenvalue weighted by Gasteiger charge is -2.18. The third kappa shape index (κ3) is 1.46. The first kappa shape index (κ1) is 10.6. The summed E-state index contributed by atoms with van der Waals surface area (Å²) < 4.78 is 27.4. The molecule has 1 nitrogen and oxygen atoms in total. The van der Waals surface area contributed by atoms with Crippen molar-refractivity contribution < 1.29 is 8.78 Å². The summed E-state index contributed by atoms with van der Waals surface area (Å²) in [5.41, 5.74) is 6.65. The summed E-state index contributed by atoms with van der Waals surface area (Å²) >= 11 is 0. The molecule has 2 N–H and O–H groups in total. The summed E-state index contributed by atoms with van der Waals surface area (Å²) in [5.74, 6) is -0.611. The molecule has 1 saturated carbocycles. The molecule has 1 aromatic rings. The zero-order valence-corrected chi connectivity index (χ0v) is 9.03. The van der Waals surface area contributed by atoms with Gasteiger partial charge in [-0.1, -0.05) is 0 Å². The van der Waals surface area contributed by atoms with Crippen LogP contribution in [0.3, 0.4) is 0 Å². The largest absolute Gasteiger partial charge is 0.330 e. The van der Waals surface area contributed by atoms with E-state index < -0.39 is 0 Å². The van der Waals surface area contributed by atoms with Crippen LogP contribution in [0.5, 0.6) is 0 Å². The predicted octanol–water partition coefficient (Wildman–Crippen LogP) is 2.57. The van der Waals surface area contributed by atoms with Gasteiger partial charge in [-0.05, 0) is 43.9 Å². The quantitative estimate of drug-likeness (QED) is 0.799. The van der Waals surface area contributed by atoms with Gasteiger partial charge in [-0.15, -0.1) is 0 Å². The van der Waals surface area contributed by atoms with Crippen LogP contribution in [0.4, 0.5) is 8.78 Å². The maximum Gasteiger partial charge on any atom is 0.130 e. The van der Waals surface area contributed by atoms with Gasteiger partial charge in [0.15, 0.2) is 0 Å². The highest BCUT2D eigenvalue weighted by Crippen LogP contribution is 2.50. The molecule has 1 fully saturated rings. The molecule has 0 bridgehead atoms. The monoisotopic (exact) mass is 211 g/mol. The van der Waals surface area contributed by atoms with Gasteiger partial charge < -0.3 is 5.73 Å². The summed E-state index contributed by atoms with van der Waals surface area (Å²) in [6.45, 7) is 3.62. The molecule has 82 valence electrons. The molecule has 0 heterocycles. The van der Waals surface area contributed by atoms with Crippen LogP contribution in [0.2, 0.25) is 0 Å². The molecule has 1 aliphatic carbocycles. The fraction of sp³-hybridized carbons (Fsp3) is 0.500. The van der Waals surface area contributed by atoms with Crippen LogP contribution in [0.15, 0.2) is 6.07 Å². The number of aryl methyl sites for hydroxylation is 1. The van der Waals surface area contributed by atoms with Crippen molar-refractivity contribution in [3.8, 4) is 0 Å². The molecule has 0 unspecified atom stereocenters. The van der Waals surface area contributed by atoms with Crippen molar-refractivity contribution in [2.45, 2.75) is 32.1 Å². The van der Waals surface area contributed by atoms with E-state index in [0.717, 1.165) is 12.8 Å². The van der Waals surface area contributed by atoms with Crippen LogP contribution < -0.4 is 5.73 Å². The van der Waals surface area contributed by atoms with Crippen LogP contribution >= 0.6 is 0 Å². The molecule has 0 saturated heterocycles. The molecule has 0 amide bonds. The average Bonchev–Trinajstić information content (AvgIpc) is 2.96.